The third-order valence-corrected chi connectivity index (χ3v) is 10.3. The van der Waals surface area contributed by atoms with Crippen molar-refractivity contribution in [2.24, 2.45) is 0 Å². The SMILES string of the molecule is CCCCCCCCCCCCCCCCCC(=O)OC(CCCCCCCC)OC(=O)CCCCCCCCCCCCCCCCC. The van der Waals surface area contributed by atoms with Gasteiger partial charge in [0, 0.05) is 19.3 Å². The fraction of sp³-hybridized carbons (Fsp3) is 0.956. The molecule has 0 saturated carbocycles. The van der Waals surface area contributed by atoms with Crippen LogP contribution in [0.5, 0.6) is 0 Å². The van der Waals surface area contributed by atoms with Crippen molar-refractivity contribution in [2.45, 2.75) is 277 Å². The molecule has 0 heterocycles. The number of carbonyl (C=O) groups is 2. The Labute approximate surface area is 307 Å². The minimum Gasteiger partial charge on any atom is -0.425 e. The van der Waals surface area contributed by atoms with Crippen LogP contribution in [0.4, 0.5) is 0 Å². The predicted octanol–water partition coefficient (Wildman–Crippen LogP) is 15.7. The number of hydrogen-bond acceptors (Lipinski definition) is 4. The number of rotatable bonds is 41. The third-order valence-electron chi connectivity index (χ3n) is 10.3. The summed E-state index contributed by atoms with van der Waals surface area (Å²) in [4.78, 5) is 25.3. The van der Waals surface area contributed by atoms with Gasteiger partial charge < -0.3 is 9.47 Å². The van der Waals surface area contributed by atoms with Gasteiger partial charge in [-0.1, -0.05) is 233 Å². The van der Waals surface area contributed by atoms with Gasteiger partial charge in [-0.05, 0) is 19.3 Å². The lowest BCUT2D eigenvalue weighted by molar-refractivity contribution is -0.189. The summed E-state index contributed by atoms with van der Waals surface area (Å²) in [5.74, 6) is -0.407. The van der Waals surface area contributed by atoms with Gasteiger partial charge in [0.25, 0.3) is 0 Å². The molecule has 4 nitrogen and oxygen atoms in total. The molecule has 0 amide bonds. The van der Waals surface area contributed by atoms with Gasteiger partial charge in [0.15, 0.2) is 0 Å². The van der Waals surface area contributed by atoms with E-state index >= 15 is 0 Å². The number of hydrogen-bond donors (Lipinski definition) is 0. The van der Waals surface area contributed by atoms with Crippen molar-refractivity contribution in [1.29, 1.82) is 0 Å². The van der Waals surface area contributed by atoms with E-state index in [0.29, 0.717) is 19.3 Å². The van der Waals surface area contributed by atoms with Crippen LogP contribution < -0.4 is 0 Å². The van der Waals surface area contributed by atoms with Crippen molar-refractivity contribution >= 4 is 11.9 Å². The Morgan fingerprint density at radius 2 is 0.510 bits per heavy atom. The zero-order valence-electron chi connectivity index (χ0n) is 33.8. The summed E-state index contributed by atoms with van der Waals surface area (Å²) >= 11 is 0. The maximum atomic E-state index is 12.6. The van der Waals surface area contributed by atoms with Crippen LogP contribution in [0, 0.1) is 0 Å². The molecular weight excluding hydrogens is 604 g/mol. The van der Waals surface area contributed by atoms with Gasteiger partial charge in [0.05, 0.1) is 0 Å². The van der Waals surface area contributed by atoms with Crippen LogP contribution in [-0.4, -0.2) is 18.2 Å². The lowest BCUT2D eigenvalue weighted by Crippen LogP contribution is -2.24. The predicted molar refractivity (Wildman–Crippen MR) is 213 cm³/mol. The second-order valence-corrected chi connectivity index (χ2v) is 15.4. The first-order valence-corrected chi connectivity index (χ1v) is 22.5. The van der Waals surface area contributed by atoms with E-state index in [4.69, 9.17) is 9.47 Å². The minimum atomic E-state index is -0.709. The van der Waals surface area contributed by atoms with E-state index in [1.165, 1.54) is 193 Å². The van der Waals surface area contributed by atoms with Crippen LogP contribution in [0.1, 0.15) is 271 Å². The van der Waals surface area contributed by atoms with Gasteiger partial charge >= 0.3 is 11.9 Å². The average molecular weight is 693 g/mol. The molecule has 0 N–H and O–H groups in total. The summed E-state index contributed by atoms with van der Waals surface area (Å²) in [5, 5.41) is 0. The molecule has 0 atom stereocenters. The Morgan fingerprint density at radius 1 is 0.306 bits per heavy atom. The largest absolute Gasteiger partial charge is 0.425 e. The highest BCUT2D eigenvalue weighted by molar-refractivity contribution is 5.71. The van der Waals surface area contributed by atoms with Crippen molar-refractivity contribution in [2.75, 3.05) is 0 Å². The van der Waals surface area contributed by atoms with Gasteiger partial charge in [0.1, 0.15) is 0 Å². The molecule has 0 unspecified atom stereocenters. The van der Waals surface area contributed by atoms with Gasteiger partial charge in [-0.15, -0.1) is 0 Å². The molecule has 0 aromatic carbocycles. The molecule has 0 rings (SSSR count). The van der Waals surface area contributed by atoms with Crippen LogP contribution in [0.2, 0.25) is 0 Å². The molecule has 0 aromatic rings. The summed E-state index contributed by atoms with van der Waals surface area (Å²) < 4.78 is 11.4. The maximum absolute atomic E-state index is 12.6. The third kappa shape index (κ3) is 39.6. The van der Waals surface area contributed by atoms with Gasteiger partial charge in [-0.3, -0.25) is 9.59 Å². The van der Waals surface area contributed by atoms with Crippen LogP contribution in [0.25, 0.3) is 0 Å². The fourth-order valence-corrected chi connectivity index (χ4v) is 6.93. The van der Waals surface area contributed by atoms with E-state index < -0.39 is 6.29 Å². The Bertz CT molecular complexity index is 614. The smallest absolute Gasteiger partial charge is 0.308 e. The summed E-state index contributed by atoms with van der Waals surface area (Å²) in [7, 11) is 0. The zero-order chi connectivity index (χ0) is 35.7. The molecule has 0 fully saturated rings. The van der Waals surface area contributed by atoms with E-state index in [1.807, 2.05) is 0 Å². The quantitative estimate of drug-likeness (QED) is 0.0363. The normalized spacial score (nSPS) is 11.4. The molecular formula is C45H88O4. The van der Waals surface area contributed by atoms with E-state index in [2.05, 4.69) is 20.8 Å². The molecule has 0 spiro atoms. The van der Waals surface area contributed by atoms with Gasteiger partial charge in [-0.2, -0.15) is 0 Å². The second kappa shape index (κ2) is 41.4. The van der Waals surface area contributed by atoms with Crippen molar-refractivity contribution in [3.05, 3.63) is 0 Å². The van der Waals surface area contributed by atoms with Crippen LogP contribution in [0.3, 0.4) is 0 Å². The highest BCUT2D eigenvalue weighted by Gasteiger charge is 2.18. The number of ether oxygens (including phenoxy) is 2. The van der Waals surface area contributed by atoms with Crippen LogP contribution >= 0.6 is 0 Å². The number of unbranched alkanes of at least 4 members (excludes halogenated alkanes) is 33. The molecule has 0 aliphatic rings. The van der Waals surface area contributed by atoms with Crippen molar-refractivity contribution in [3.8, 4) is 0 Å². The second-order valence-electron chi connectivity index (χ2n) is 15.4. The lowest BCUT2D eigenvalue weighted by Gasteiger charge is -2.18. The van der Waals surface area contributed by atoms with Crippen LogP contribution in [0.15, 0.2) is 0 Å². The van der Waals surface area contributed by atoms with Crippen molar-refractivity contribution in [1.82, 2.24) is 0 Å². The molecule has 0 aliphatic heterocycles. The Balaban J connectivity index is 3.97. The van der Waals surface area contributed by atoms with Crippen LogP contribution in [-0.2, 0) is 19.1 Å². The molecule has 0 bridgehead atoms. The molecule has 292 valence electrons. The van der Waals surface area contributed by atoms with Crippen molar-refractivity contribution in [3.63, 3.8) is 0 Å². The first kappa shape index (κ1) is 47.9. The number of esters is 2. The van der Waals surface area contributed by atoms with Gasteiger partial charge in [-0.25, -0.2) is 0 Å². The Morgan fingerprint density at radius 3 is 0.755 bits per heavy atom. The van der Waals surface area contributed by atoms with E-state index in [-0.39, 0.29) is 11.9 Å². The highest BCUT2D eigenvalue weighted by atomic mass is 16.7. The van der Waals surface area contributed by atoms with Crippen molar-refractivity contribution < 1.29 is 19.1 Å². The Hall–Kier alpha value is -1.06. The molecule has 0 aromatic heterocycles. The summed E-state index contributed by atoms with van der Waals surface area (Å²) in [5.41, 5.74) is 0. The summed E-state index contributed by atoms with van der Waals surface area (Å²) in [6.07, 6.45) is 47.1. The molecule has 0 radical (unpaired) electrons. The van der Waals surface area contributed by atoms with E-state index in [1.54, 1.807) is 0 Å². The molecule has 0 aliphatic carbocycles. The zero-order valence-corrected chi connectivity index (χ0v) is 33.8. The lowest BCUT2D eigenvalue weighted by atomic mass is 10.0. The first-order chi connectivity index (χ1) is 24.1. The van der Waals surface area contributed by atoms with Gasteiger partial charge in [0.2, 0.25) is 6.29 Å². The summed E-state index contributed by atoms with van der Waals surface area (Å²) in [6.45, 7) is 6.79. The molecule has 49 heavy (non-hydrogen) atoms. The minimum absolute atomic E-state index is 0.203. The monoisotopic (exact) mass is 693 g/mol. The standard InChI is InChI=1S/C45H88O4/c1-4-7-10-13-16-18-20-22-24-26-28-30-32-34-37-40-43(46)48-45(42-39-36-15-12-9-6-3)49-44(47)41-38-35-33-31-29-27-25-23-21-19-17-14-11-8-5-2/h45H,4-42H2,1-3H3. The highest BCUT2D eigenvalue weighted by Crippen LogP contribution is 2.18. The van der Waals surface area contributed by atoms with E-state index in [9.17, 15) is 9.59 Å². The van der Waals surface area contributed by atoms with E-state index in [0.717, 1.165) is 38.5 Å². The molecule has 0 saturated heterocycles. The Kier molecular flexibility index (Phi) is 40.5. The topological polar surface area (TPSA) is 52.6 Å². The summed E-state index contributed by atoms with van der Waals surface area (Å²) in [6, 6.07) is 0. The maximum Gasteiger partial charge on any atom is 0.308 e. The molecule has 4 heteroatoms. The first-order valence-electron chi connectivity index (χ1n) is 22.5. The average Bonchev–Trinajstić information content (AvgIpc) is 3.09. The number of carbonyl (C=O) groups excluding carboxylic acids is 2. The fourth-order valence-electron chi connectivity index (χ4n) is 6.93.